The van der Waals surface area contributed by atoms with Gasteiger partial charge in [0.05, 0.1) is 0 Å². The summed E-state index contributed by atoms with van der Waals surface area (Å²) in [6.07, 6.45) is 1.61. The van der Waals surface area contributed by atoms with E-state index in [2.05, 4.69) is 9.97 Å². The first-order chi connectivity index (χ1) is 7.66. The van der Waals surface area contributed by atoms with Crippen LogP contribution < -0.4 is 0 Å². The Kier molecular flexibility index (Phi) is 3.36. The van der Waals surface area contributed by atoms with E-state index >= 15 is 0 Å². The van der Waals surface area contributed by atoms with Crippen molar-refractivity contribution < 1.29 is 14.6 Å². The van der Waals surface area contributed by atoms with E-state index in [0.717, 1.165) is 12.8 Å². The number of halogens is 1. The van der Waals surface area contributed by atoms with Crippen LogP contribution in [0.25, 0.3) is 0 Å². The van der Waals surface area contributed by atoms with Crippen molar-refractivity contribution in [3.05, 3.63) is 22.7 Å². The Hall–Kier alpha value is -1.20. The number of nitrogens with zero attached hydrogens (tertiary/aromatic N) is 2. The monoisotopic (exact) mass is 242 g/mol. The Bertz CT molecular complexity index is 405. The van der Waals surface area contributed by atoms with E-state index in [-0.39, 0.29) is 16.8 Å². The predicted octanol–water partition coefficient (Wildman–Crippen LogP) is 1.72. The van der Waals surface area contributed by atoms with Crippen LogP contribution in [0.2, 0.25) is 5.15 Å². The molecule has 0 aliphatic carbocycles. The molecule has 2 heterocycles. The summed E-state index contributed by atoms with van der Waals surface area (Å²) < 4.78 is 5.22. The van der Waals surface area contributed by atoms with Gasteiger partial charge < -0.3 is 9.84 Å². The first-order valence-corrected chi connectivity index (χ1v) is 5.40. The van der Waals surface area contributed by atoms with E-state index < -0.39 is 5.97 Å². The Morgan fingerprint density at radius 2 is 2.12 bits per heavy atom. The first-order valence-electron chi connectivity index (χ1n) is 5.02. The van der Waals surface area contributed by atoms with E-state index in [4.69, 9.17) is 21.4 Å². The van der Waals surface area contributed by atoms with E-state index in [0.29, 0.717) is 19.0 Å². The summed E-state index contributed by atoms with van der Waals surface area (Å²) in [6, 6.07) is 1.26. The first kappa shape index (κ1) is 11.3. The van der Waals surface area contributed by atoms with E-state index in [1.54, 1.807) is 0 Å². The van der Waals surface area contributed by atoms with Crippen LogP contribution in [0, 0.1) is 0 Å². The summed E-state index contributed by atoms with van der Waals surface area (Å²) in [6.45, 7) is 1.31. The molecule has 0 saturated carbocycles. The molecule has 1 N–H and O–H groups in total. The fraction of sp³-hybridized carbons (Fsp3) is 0.500. The van der Waals surface area contributed by atoms with Crippen LogP contribution in [0.15, 0.2) is 6.07 Å². The third kappa shape index (κ3) is 2.48. The van der Waals surface area contributed by atoms with Crippen LogP contribution in [0.4, 0.5) is 0 Å². The maximum absolute atomic E-state index is 10.8. The summed E-state index contributed by atoms with van der Waals surface area (Å²) >= 11 is 5.77. The Morgan fingerprint density at radius 1 is 1.44 bits per heavy atom. The molecule has 0 radical (unpaired) electrons. The second-order valence-corrected chi connectivity index (χ2v) is 4.01. The minimum Gasteiger partial charge on any atom is -0.477 e. The van der Waals surface area contributed by atoms with Gasteiger partial charge in [-0.2, -0.15) is 0 Å². The highest BCUT2D eigenvalue weighted by atomic mass is 35.5. The predicted molar refractivity (Wildman–Crippen MR) is 56.8 cm³/mol. The maximum atomic E-state index is 10.8. The molecular weight excluding hydrogens is 232 g/mol. The molecule has 0 unspecified atom stereocenters. The molecule has 1 aliphatic heterocycles. The van der Waals surface area contributed by atoms with Gasteiger partial charge in [0.1, 0.15) is 11.0 Å². The molecule has 16 heavy (non-hydrogen) atoms. The van der Waals surface area contributed by atoms with Gasteiger partial charge in [0.25, 0.3) is 0 Å². The summed E-state index contributed by atoms with van der Waals surface area (Å²) in [5.41, 5.74) is -0.0542. The highest BCUT2D eigenvalue weighted by Crippen LogP contribution is 2.25. The zero-order valence-electron chi connectivity index (χ0n) is 8.52. The van der Waals surface area contributed by atoms with Crippen LogP contribution in [0.1, 0.15) is 35.1 Å². The lowest BCUT2D eigenvalue weighted by Gasteiger charge is -2.20. The lowest BCUT2D eigenvalue weighted by atomic mass is 9.99. The fourth-order valence-electron chi connectivity index (χ4n) is 1.68. The zero-order chi connectivity index (χ0) is 11.5. The molecule has 5 nitrogen and oxygen atoms in total. The topological polar surface area (TPSA) is 72.3 Å². The number of hydrogen-bond donors (Lipinski definition) is 1. The van der Waals surface area contributed by atoms with Crippen LogP contribution in [0.5, 0.6) is 0 Å². The van der Waals surface area contributed by atoms with E-state index in [1.807, 2.05) is 0 Å². The normalized spacial score (nSPS) is 17.3. The number of hydrogen-bond acceptors (Lipinski definition) is 4. The van der Waals surface area contributed by atoms with Crippen molar-refractivity contribution in [3.63, 3.8) is 0 Å². The smallest absolute Gasteiger partial charge is 0.354 e. The molecule has 1 aromatic rings. The van der Waals surface area contributed by atoms with Gasteiger partial charge in [-0.25, -0.2) is 14.8 Å². The molecule has 86 valence electrons. The van der Waals surface area contributed by atoms with Gasteiger partial charge in [0.15, 0.2) is 5.69 Å². The summed E-state index contributed by atoms with van der Waals surface area (Å²) in [4.78, 5) is 18.9. The van der Waals surface area contributed by atoms with Crippen LogP contribution >= 0.6 is 11.6 Å². The Labute approximate surface area is 97.4 Å². The van der Waals surface area contributed by atoms with E-state index in [1.165, 1.54) is 6.07 Å². The molecule has 0 atom stereocenters. The van der Waals surface area contributed by atoms with Gasteiger partial charge in [-0.3, -0.25) is 0 Å². The molecular formula is C10H11ClN2O3. The molecule has 1 aromatic heterocycles. The summed E-state index contributed by atoms with van der Waals surface area (Å²) in [7, 11) is 0. The van der Waals surface area contributed by atoms with Crippen LogP contribution in [0.3, 0.4) is 0 Å². The third-order valence-electron chi connectivity index (χ3n) is 2.52. The minimum absolute atomic E-state index is 0.0542. The summed E-state index contributed by atoms with van der Waals surface area (Å²) in [5, 5.41) is 9.03. The lowest BCUT2D eigenvalue weighted by molar-refractivity contribution is 0.0688. The van der Waals surface area contributed by atoms with Crippen LogP contribution in [-0.2, 0) is 4.74 Å². The Morgan fingerprint density at radius 3 is 2.75 bits per heavy atom. The second-order valence-electron chi connectivity index (χ2n) is 3.63. The van der Waals surface area contributed by atoms with Gasteiger partial charge >= 0.3 is 5.97 Å². The Balaban J connectivity index is 2.28. The molecule has 0 bridgehead atoms. The van der Waals surface area contributed by atoms with Crippen molar-refractivity contribution in [3.8, 4) is 0 Å². The highest BCUT2D eigenvalue weighted by molar-refractivity contribution is 6.29. The minimum atomic E-state index is -1.09. The number of carboxylic acid groups (broad SMARTS) is 1. The van der Waals surface area contributed by atoms with Crippen molar-refractivity contribution in [1.82, 2.24) is 9.97 Å². The van der Waals surface area contributed by atoms with Crippen LogP contribution in [-0.4, -0.2) is 34.3 Å². The van der Waals surface area contributed by atoms with Crippen molar-refractivity contribution >= 4 is 17.6 Å². The highest BCUT2D eigenvalue weighted by Gasteiger charge is 2.20. The standard InChI is InChI=1S/C10H11ClN2O3/c11-8-5-7(10(14)15)12-9(13-8)6-1-3-16-4-2-6/h5-6H,1-4H2,(H,14,15). The largest absolute Gasteiger partial charge is 0.477 e. The lowest BCUT2D eigenvalue weighted by Crippen LogP contribution is -2.17. The number of carbonyl (C=O) groups is 1. The molecule has 6 heteroatoms. The average molecular weight is 243 g/mol. The number of aromatic carboxylic acids is 1. The molecule has 0 spiro atoms. The number of ether oxygens (including phenoxy) is 1. The third-order valence-corrected chi connectivity index (χ3v) is 2.71. The number of aromatic nitrogens is 2. The van der Waals surface area contributed by atoms with Crippen molar-refractivity contribution in [2.24, 2.45) is 0 Å². The van der Waals surface area contributed by atoms with Crippen molar-refractivity contribution in [1.29, 1.82) is 0 Å². The molecule has 1 aliphatic rings. The zero-order valence-corrected chi connectivity index (χ0v) is 9.28. The van der Waals surface area contributed by atoms with Gasteiger partial charge in [-0.15, -0.1) is 0 Å². The molecule has 0 aromatic carbocycles. The average Bonchev–Trinajstić information content (AvgIpc) is 2.29. The van der Waals surface area contributed by atoms with Gasteiger partial charge in [0.2, 0.25) is 0 Å². The molecule has 1 saturated heterocycles. The van der Waals surface area contributed by atoms with Gasteiger partial charge in [0, 0.05) is 25.2 Å². The maximum Gasteiger partial charge on any atom is 0.354 e. The molecule has 0 amide bonds. The number of carboxylic acids is 1. The number of rotatable bonds is 2. The second kappa shape index (κ2) is 4.76. The van der Waals surface area contributed by atoms with Crippen molar-refractivity contribution in [2.45, 2.75) is 18.8 Å². The fourth-order valence-corrected chi connectivity index (χ4v) is 1.87. The van der Waals surface area contributed by atoms with Crippen molar-refractivity contribution in [2.75, 3.05) is 13.2 Å². The molecule has 1 fully saturated rings. The van der Waals surface area contributed by atoms with E-state index in [9.17, 15) is 4.79 Å². The SMILES string of the molecule is O=C(O)c1cc(Cl)nc(C2CCOCC2)n1. The van der Waals surface area contributed by atoms with Gasteiger partial charge in [-0.1, -0.05) is 11.6 Å². The quantitative estimate of drug-likeness (QED) is 0.800. The summed E-state index contributed by atoms with van der Waals surface area (Å²) in [5.74, 6) is -0.434. The van der Waals surface area contributed by atoms with Gasteiger partial charge in [-0.05, 0) is 12.8 Å². The molecule has 2 rings (SSSR count).